The van der Waals surface area contributed by atoms with Crippen LogP contribution < -0.4 is 0 Å². The Balaban J connectivity index is 2.38. The fourth-order valence-corrected chi connectivity index (χ4v) is 5.43. The van der Waals surface area contributed by atoms with Gasteiger partial charge in [0.15, 0.2) is 0 Å². The monoisotopic (exact) mass is 441 g/mol. The van der Waals surface area contributed by atoms with Crippen LogP contribution in [-0.4, -0.2) is 49.6 Å². The van der Waals surface area contributed by atoms with Crippen LogP contribution in [0.2, 0.25) is 0 Å². The first kappa shape index (κ1) is 16.9. The molecule has 1 heterocycles. The summed E-state index contributed by atoms with van der Waals surface area (Å²) in [5.41, 5.74) is 0. The highest BCUT2D eigenvalue weighted by molar-refractivity contribution is 9.11. The van der Waals surface area contributed by atoms with Gasteiger partial charge in [0, 0.05) is 15.5 Å². The Morgan fingerprint density at radius 1 is 1.43 bits per heavy atom. The number of carbonyl (C=O) groups is 1. The van der Waals surface area contributed by atoms with Gasteiger partial charge in [-0.2, -0.15) is 4.31 Å². The number of rotatable bonds is 4. The molecule has 1 atom stereocenters. The van der Waals surface area contributed by atoms with Gasteiger partial charge in [0.25, 0.3) is 0 Å². The molecule has 0 radical (unpaired) electrons. The molecule has 9 heteroatoms. The van der Waals surface area contributed by atoms with Crippen molar-refractivity contribution in [2.45, 2.75) is 17.4 Å². The Morgan fingerprint density at radius 3 is 2.76 bits per heavy atom. The molecule has 6 nitrogen and oxygen atoms in total. The highest BCUT2D eigenvalue weighted by atomic mass is 79.9. The second-order valence-corrected chi connectivity index (χ2v) is 8.15. The third kappa shape index (κ3) is 3.84. The lowest BCUT2D eigenvalue weighted by molar-refractivity contribution is -0.139. The van der Waals surface area contributed by atoms with E-state index in [1.807, 2.05) is 0 Å². The van der Waals surface area contributed by atoms with E-state index < -0.39 is 22.0 Å². The van der Waals surface area contributed by atoms with E-state index in [1.165, 1.54) is 10.4 Å². The zero-order valence-corrected chi connectivity index (χ0v) is 14.8. The maximum atomic E-state index is 12.7. The SMILES string of the molecule is O=C(O)CC1COCCN1S(=O)(=O)c1ccc(Br)cc1Br. The number of carboxylic acids is 1. The normalized spacial score (nSPS) is 20.4. The van der Waals surface area contributed by atoms with E-state index in [0.717, 1.165) is 4.47 Å². The molecule has 0 aromatic heterocycles. The summed E-state index contributed by atoms with van der Waals surface area (Å²) in [6, 6.07) is 4.05. The number of hydrogen-bond donors (Lipinski definition) is 1. The Bertz CT molecular complexity index is 649. The van der Waals surface area contributed by atoms with Gasteiger partial charge in [-0.3, -0.25) is 4.79 Å². The van der Waals surface area contributed by atoms with Crippen LogP contribution in [0.15, 0.2) is 32.0 Å². The first-order valence-corrected chi connectivity index (χ1v) is 9.11. The lowest BCUT2D eigenvalue weighted by atomic mass is 10.2. The maximum Gasteiger partial charge on any atom is 0.305 e. The van der Waals surface area contributed by atoms with Gasteiger partial charge in [-0.1, -0.05) is 15.9 Å². The predicted octanol–water partition coefficient (Wildman–Crippen LogP) is 2.08. The van der Waals surface area contributed by atoms with Gasteiger partial charge >= 0.3 is 5.97 Å². The molecule has 1 aliphatic rings. The van der Waals surface area contributed by atoms with Gasteiger partial charge in [0.2, 0.25) is 10.0 Å². The lowest BCUT2D eigenvalue weighted by Gasteiger charge is -2.33. The van der Waals surface area contributed by atoms with Crippen molar-refractivity contribution in [3.63, 3.8) is 0 Å². The number of halogens is 2. The van der Waals surface area contributed by atoms with Crippen molar-refractivity contribution in [1.82, 2.24) is 4.31 Å². The number of benzene rings is 1. The zero-order valence-electron chi connectivity index (χ0n) is 10.8. The Morgan fingerprint density at radius 2 is 2.14 bits per heavy atom. The molecular formula is C12H13Br2NO5S. The molecule has 1 aromatic carbocycles. The first-order valence-electron chi connectivity index (χ1n) is 6.09. The Kier molecular flexibility index (Phi) is 5.42. The molecule has 1 fully saturated rings. The molecule has 116 valence electrons. The molecule has 2 rings (SSSR count). The molecule has 0 saturated carbocycles. The van der Waals surface area contributed by atoms with Crippen LogP contribution in [0.5, 0.6) is 0 Å². The number of ether oxygens (including phenoxy) is 1. The molecule has 1 aliphatic heterocycles. The van der Waals surface area contributed by atoms with E-state index in [0.29, 0.717) is 4.47 Å². The first-order chi connectivity index (χ1) is 9.82. The van der Waals surface area contributed by atoms with Crippen LogP contribution in [-0.2, 0) is 19.6 Å². The van der Waals surface area contributed by atoms with Gasteiger partial charge in [-0.25, -0.2) is 8.42 Å². The maximum absolute atomic E-state index is 12.7. The van der Waals surface area contributed by atoms with Crippen LogP contribution in [0.3, 0.4) is 0 Å². The summed E-state index contributed by atoms with van der Waals surface area (Å²) >= 11 is 6.50. The highest BCUT2D eigenvalue weighted by Gasteiger charge is 2.36. The summed E-state index contributed by atoms with van der Waals surface area (Å²) in [6.45, 7) is 0.478. The van der Waals surface area contributed by atoms with Gasteiger partial charge < -0.3 is 9.84 Å². The summed E-state index contributed by atoms with van der Waals surface area (Å²) < 4.78 is 33.1. The third-order valence-electron chi connectivity index (χ3n) is 3.06. The quantitative estimate of drug-likeness (QED) is 0.771. The minimum Gasteiger partial charge on any atom is -0.481 e. The number of morpholine rings is 1. The molecule has 21 heavy (non-hydrogen) atoms. The largest absolute Gasteiger partial charge is 0.481 e. The van der Waals surface area contributed by atoms with Crippen LogP contribution in [0, 0.1) is 0 Å². The topological polar surface area (TPSA) is 83.9 Å². The van der Waals surface area contributed by atoms with Gasteiger partial charge in [-0.05, 0) is 34.1 Å². The van der Waals surface area contributed by atoms with Gasteiger partial charge in [0.1, 0.15) is 0 Å². The fraction of sp³-hybridized carbons (Fsp3) is 0.417. The molecule has 1 saturated heterocycles. The molecule has 1 aromatic rings. The molecule has 0 amide bonds. The van der Waals surface area contributed by atoms with E-state index in [-0.39, 0.29) is 31.1 Å². The van der Waals surface area contributed by atoms with Crippen molar-refractivity contribution >= 4 is 47.9 Å². The van der Waals surface area contributed by atoms with Crippen molar-refractivity contribution < 1.29 is 23.1 Å². The van der Waals surface area contributed by atoms with Crippen LogP contribution in [0.4, 0.5) is 0 Å². The van der Waals surface area contributed by atoms with Crippen molar-refractivity contribution in [2.24, 2.45) is 0 Å². The zero-order chi connectivity index (χ0) is 15.6. The molecule has 0 spiro atoms. The predicted molar refractivity (Wildman–Crippen MR) is 82.6 cm³/mol. The number of sulfonamides is 1. The summed E-state index contributed by atoms with van der Waals surface area (Å²) in [5, 5.41) is 8.92. The molecular weight excluding hydrogens is 430 g/mol. The molecule has 0 aliphatic carbocycles. The number of aliphatic carboxylic acids is 1. The number of hydrogen-bond acceptors (Lipinski definition) is 4. The Labute approximate surface area is 139 Å². The minimum atomic E-state index is -3.78. The summed E-state index contributed by atoms with van der Waals surface area (Å²) in [4.78, 5) is 11.0. The average Bonchev–Trinajstić information content (AvgIpc) is 2.37. The van der Waals surface area contributed by atoms with Crippen LogP contribution in [0.1, 0.15) is 6.42 Å². The average molecular weight is 443 g/mol. The van der Waals surface area contributed by atoms with Crippen molar-refractivity contribution in [1.29, 1.82) is 0 Å². The Hall–Kier alpha value is -0.480. The second-order valence-electron chi connectivity index (χ2n) is 4.52. The van der Waals surface area contributed by atoms with Gasteiger partial charge in [0.05, 0.1) is 30.6 Å². The fourth-order valence-electron chi connectivity index (χ4n) is 2.13. The van der Waals surface area contributed by atoms with Gasteiger partial charge in [-0.15, -0.1) is 0 Å². The van der Waals surface area contributed by atoms with Crippen molar-refractivity contribution in [3.8, 4) is 0 Å². The highest BCUT2D eigenvalue weighted by Crippen LogP contribution is 2.30. The molecule has 1 N–H and O–H groups in total. The van der Waals surface area contributed by atoms with E-state index >= 15 is 0 Å². The molecule has 1 unspecified atom stereocenters. The summed E-state index contributed by atoms with van der Waals surface area (Å²) in [7, 11) is -3.78. The van der Waals surface area contributed by atoms with E-state index in [2.05, 4.69) is 31.9 Å². The summed E-state index contributed by atoms with van der Waals surface area (Å²) in [6.07, 6.45) is -0.284. The minimum absolute atomic E-state index is 0.0830. The van der Waals surface area contributed by atoms with E-state index in [9.17, 15) is 13.2 Å². The second kappa shape index (κ2) is 6.74. The van der Waals surface area contributed by atoms with E-state index in [4.69, 9.17) is 9.84 Å². The molecule has 0 bridgehead atoms. The van der Waals surface area contributed by atoms with Crippen molar-refractivity contribution in [2.75, 3.05) is 19.8 Å². The van der Waals surface area contributed by atoms with Crippen molar-refractivity contribution in [3.05, 3.63) is 27.1 Å². The van der Waals surface area contributed by atoms with Crippen LogP contribution in [0.25, 0.3) is 0 Å². The number of carboxylic acid groups (broad SMARTS) is 1. The van der Waals surface area contributed by atoms with Crippen LogP contribution >= 0.6 is 31.9 Å². The smallest absolute Gasteiger partial charge is 0.305 e. The van der Waals surface area contributed by atoms with E-state index in [1.54, 1.807) is 12.1 Å². The standard InChI is InChI=1S/C12H13Br2NO5S/c13-8-1-2-11(10(14)5-8)21(18,19)15-3-4-20-7-9(15)6-12(16)17/h1-2,5,9H,3-4,6-7H2,(H,16,17). The lowest BCUT2D eigenvalue weighted by Crippen LogP contribution is -2.49. The third-order valence-corrected chi connectivity index (χ3v) is 6.49. The summed E-state index contributed by atoms with van der Waals surface area (Å²) in [5.74, 6) is -1.06. The number of nitrogens with zero attached hydrogens (tertiary/aromatic N) is 1.